The number of hydrogen-bond donors (Lipinski definition) is 2. The van der Waals surface area contributed by atoms with E-state index in [9.17, 15) is 8.42 Å². The van der Waals surface area contributed by atoms with Crippen molar-refractivity contribution in [1.82, 2.24) is 10.0 Å². The van der Waals surface area contributed by atoms with E-state index in [2.05, 4.69) is 26.0 Å². The molecule has 0 amide bonds. The Morgan fingerprint density at radius 1 is 1.21 bits per heavy atom. The molecule has 0 unspecified atom stereocenters. The predicted octanol–water partition coefficient (Wildman–Crippen LogP) is 1.65. The minimum absolute atomic E-state index is 0.0495. The van der Waals surface area contributed by atoms with Crippen LogP contribution < -0.4 is 10.0 Å². The molecule has 106 valence electrons. The summed E-state index contributed by atoms with van der Waals surface area (Å²) >= 11 is 3.37. The van der Waals surface area contributed by atoms with E-state index in [0.717, 1.165) is 43.2 Å². The van der Waals surface area contributed by atoms with Crippen molar-refractivity contribution in [3.8, 4) is 0 Å². The Kier molecular flexibility index (Phi) is 5.38. The maximum atomic E-state index is 12.2. The van der Waals surface area contributed by atoms with Gasteiger partial charge < -0.3 is 5.32 Å². The fourth-order valence-corrected chi connectivity index (χ4v) is 3.93. The lowest BCUT2D eigenvalue weighted by Gasteiger charge is -2.23. The van der Waals surface area contributed by atoms with Crippen LogP contribution in [0.3, 0.4) is 0 Å². The summed E-state index contributed by atoms with van der Waals surface area (Å²) in [6.07, 6.45) is 2.60. The Morgan fingerprint density at radius 2 is 1.84 bits per heavy atom. The maximum absolute atomic E-state index is 12.2. The van der Waals surface area contributed by atoms with E-state index in [4.69, 9.17) is 0 Å². The first-order valence-electron chi connectivity index (χ1n) is 6.50. The van der Waals surface area contributed by atoms with Crippen LogP contribution in [0.4, 0.5) is 0 Å². The number of aryl methyl sites for hydroxylation is 1. The summed E-state index contributed by atoms with van der Waals surface area (Å²) in [6.45, 7) is 1.74. The first-order valence-corrected chi connectivity index (χ1v) is 9.10. The summed E-state index contributed by atoms with van der Waals surface area (Å²) in [5.41, 5.74) is 1.14. The van der Waals surface area contributed by atoms with Gasteiger partial charge in [-0.05, 0) is 50.0 Å². The fraction of sp³-hybridized carbons (Fsp3) is 0.538. The third-order valence-corrected chi connectivity index (χ3v) is 5.21. The molecule has 0 aromatic heterocycles. The summed E-state index contributed by atoms with van der Waals surface area (Å²) < 4.78 is 27.2. The molecule has 1 aliphatic heterocycles. The number of halogens is 1. The third kappa shape index (κ3) is 4.27. The predicted molar refractivity (Wildman–Crippen MR) is 80.2 cm³/mol. The highest BCUT2D eigenvalue weighted by atomic mass is 79.9. The molecule has 1 aromatic rings. The molecular weight excluding hydrogens is 328 g/mol. The van der Waals surface area contributed by atoms with Crippen LogP contribution in [0.15, 0.2) is 29.2 Å². The van der Waals surface area contributed by atoms with Crippen molar-refractivity contribution in [1.29, 1.82) is 0 Å². The van der Waals surface area contributed by atoms with Crippen molar-refractivity contribution in [2.24, 2.45) is 0 Å². The van der Waals surface area contributed by atoms with E-state index < -0.39 is 10.0 Å². The quantitative estimate of drug-likeness (QED) is 0.797. The lowest BCUT2D eigenvalue weighted by Crippen LogP contribution is -2.42. The summed E-state index contributed by atoms with van der Waals surface area (Å²) in [5.74, 6) is 0. The molecule has 0 aliphatic carbocycles. The molecule has 2 N–H and O–H groups in total. The molecule has 19 heavy (non-hydrogen) atoms. The SMILES string of the molecule is O=S(=O)(NC1CCNCC1)c1ccc(CCBr)cc1. The molecule has 0 saturated carbocycles. The van der Waals surface area contributed by atoms with Gasteiger partial charge in [0.05, 0.1) is 4.90 Å². The second-order valence-electron chi connectivity index (χ2n) is 4.73. The molecule has 0 bridgehead atoms. The zero-order chi connectivity index (χ0) is 13.7. The van der Waals surface area contributed by atoms with Gasteiger partial charge in [0.15, 0.2) is 0 Å². The fourth-order valence-electron chi connectivity index (χ4n) is 2.17. The van der Waals surface area contributed by atoms with Crippen LogP contribution in [0.1, 0.15) is 18.4 Å². The van der Waals surface area contributed by atoms with E-state index in [1.807, 2.05) is 12.1 Å². The maximum Gasteiger partial charge on any atom is 0.240 e. The number of alkyl halides is 1. The number of piperidine rings is 1. The summed E-state index contributed by atoms with van der Waals surface area (Å²) in [7, 11) is -3.38. The highest BCUT2D eigenvalue weighted by molar-refractivity contribution is 9.09. The average molecular weight is 347 g/mol. The van der Waals surface area contributed by atoms with Crippen molar-refractivity contribution in [3.63, 3.8) is 0 Å². The first-order chi connectivity index (χ1) is 9.12. The minimum Gasteiger partial charge on any atom is -0.317 e. The van der Waals surface area contributed by atoms with Crippen molar-refractivity contribution in [2.45, 2.75) is 30.2 Å². The second kappa shape index (κ2) is 6.83. The summed E-state index contributed by atoms with van der Waals surface area (Å²) in [6, 6.07) is 7.16. The molecule has 0 atom stereocenters. The number of sulfonamides is 1. The molecule has 0 spiro atoms. The van der Waals surface area contributed by atoms with Gasteiger partial charge in [0, 0.05) is 11.4 Å². The Balaban J connectivity index is 2.05. The molecular formula is C13H19BrN2O2S. The van der Waals surface area contributed by atoms with Crippen LogP contribution in [0.25, 0.3) is 0 Å². The van der Waals surface area contributed by atoms with Gasteiger partial charge in [0.1, 0.15) is 0 Å². The molecule has 1 aliphatic rings. The number of hydrogen-bond acceptors (Lipinski definition) is 3. The highest BCUT2D eigenvalue weighted by Crippen LogP contribution is 2.14. The lowest BCUT2D eigenvalue weighted by atomic mass is 10.1. The van der Waals surface area contributed by atoms with Gasteiger partial charge in [-0.1, -0.05) is 28.1 Å². The normalized spacial score (nSPS) is 17.5. The van der Waals surface area contributed by atoms with Gasteiger partial charge in [-0.25, -0.2) is 13.1 Å². The molecule has 0 radical (unpaired) electrons. The first kappa shape index (κ1) is 15.0. The van der Waals surface area contributed by atoms with E-state index in [-0.39, 0.29) is 6.04 Å². The smallest absolute Gasteiger partial charge is 0.240 e. The van der Waals surface area contributed by atoms with Crippen molar-refractivity contribution in [2.75, 3.05) is 18.4 Å². The molecule has 4 nitrogen and oxygen atoms in total. The largest absolute Gasteiger partial charge is 0.317 e. The Bertz CT molecular complexity index is 496. The number of rotatable bonds is 5. The topological polar surface area (TPSA) is 58.2 Å². The zero-order valence-corrected chi connectivity index (χ0v) is 13.1. The third-order valence-electron chi connectivity index (χ3n) is 3.28. The van der Waals surface area contributed by atoms with Crippen molar-refractivity contribution < 1.29 is 8.42 Å². The second-order valence-corrected chi connectivity index (χ2v) is 7.24. The lowest BCUT2D eigenvalue weighted by molar-refractivity contribution is 0.427. The zero-order valence-electron chi connectivity index (χ0n) is 10.7. The van der Waals surface area contributed by atoms with E-state index in [1.165, 1.54) is 0 Å². The molecule has 2 rings (SSSR count). The standard InChI is InChI=1S/C13H19BrN2O2S/c14-8-5-11-1-3-13(4-2-11)19(17,18)16-12-6-9-15-10-7-12/h1-4,12,15-16H,5-10H2. The highest BCUT2D eigenvalue weighted by Gasteiger charge is 2.21. The summed E-state index contributed by atoms with van der Waals surface area (Å²) in [4.78, 5) is 0.351. The molecule has 1 heterocycles. The number of nitrogens with one attached hydrogen (secondary N) is 2. The van der Waals surface area contributed by atoms with Crippen LogP contribution in [0.5, 0.6) is 0 Å². The van der Waals surface area contributed by atoms with E-state index in [0.29, 0.717) is 4.90 Å². The molecule has 1 saturated heterocycles. The van der Waals surface area contributed by atoms with Crippen LogP contribution in [0.2, 0.25) is 0 Å². The van der Waals surface area contributed by atoms with Gasteiger partial charge >= 0.3 is 0 Å². The number of benzene rings is 1. The van der Waals surface area contributed by atoms with Crippen molar-refractivity contribution in [3.05, 3.63) is 29.8 Å². The van der Waals surface area contributed by atoms with Gasteiger partial charge in [0.2, 0.25) is 10.0 Å². The van der Waals surface area contributed by atoms with E-state index >= 15 is 0 Å². The van der Waals surface area contributed by atoms with Gasteiger partial charge in [0.25, 0.3) is 0 Å². The Morgan fingerprint density at radius 3 is 2.42 bits per heavy atom. The Labute approximate surface area is 123 Å². The summed E-state index contributed by atoms with van der Waals surface area (Å²) in [5, 5.41) is 4.10. The Hall–Kier alpha value is -0.430. The van der Waals surface area contributed by atoms with Crippen LogP contribution in [0, 0.1) is 0 Å². The minimum atomic E-state index is -3.38. The van der Waals surface area contributed by atoms with Crippen LogP contribution in [-0.4, -0.2) is 32.9 Å². The van der Waals surface area contributed by atoms with E-state index in [1.54, 1.807) is 12.1 Å². The molecule has 1 fully saturated rings. The van der Waals surface area contributed by atoms with Crippen molar-refractivity contribution >= 4 is 26.0 Å². The monoisotopic (exact) mass is 346 g/mol. The molecule has 1 aromatic carbocycles. The van der Waals surface area contributed by atoms with Gasteiger partial charge in [-0.2, -0.15) is 0 Å². The van der Waals surface area contributed by atoms with Crippen LogP contribution in [-0.2, 0) is 16.4 Å². The van der Waals surface area contributed by atoms with Gasteiger partial charge in [-0.3, -0.25) is 0 Å². The average Bonchev–Trinajstić information content (AvgIpc) is 2.40. The molecule has 6 heteroatoms. The van der Waals surface area contributed by atoms with Gasteiger partial charge in [-0.15, -0.1) is 0 Å². The van der Waals surface area contributed by atoms with Crippen LogP contribution >= 0.6 is 15.9 Å².